The first-order valence-corrected chi connectivity index (χ1v) is 6.79. The largest absolute Gasteiger partial charge is 0.483 e. The zero-order valence-corrected chi connectivity index (χ0v) is 12.3. The monoisotopic (exact) mass is 320 g/mol. The summed E-state index contributed by atoms with van der Waals surface area (Å²) in [6.07, 6.45) is 4.17. The molecule has 0 saturated carbocycles. The topological polar surface area (TPSA) is 44.2 Å². The number of aromatic nitrogens is 2. The van der Waals surface area contributed by atoms with Crippen molar-refractivity contribution in [2.24, 2.45) is 0 Å². The van der Waals surface area contributed by atoms with Crippen LogP contribution in [0.25, 0.3) is 0 Å². The van der Waals surface area contributed by atoms with Crippen LogP contribution < -0.4 is 9.47 Å². The van der Waals surface area contributed by atoms with Gasteiger partial charge >= 0.3 is 6.01 Å². The summed E-state index contributed by atoms with van der Waals surface area (Å²) < 4.78 is 12.4. The highest BCUT2D eigenvalue weighted by atomic mass is 79.9. The van der Waals surface area contributed by atoms with Crippen molar-refractivity contribution in [1.29, 1.82) is 0 Å². The van der Waals surface area contributed by atoms with Crippen LogP contribution in [0.5, 0.6) is 17.5 Å². The fourth-order valence-corrected chi connectivity index (χ4v) is 2.32. The van der Waals surface area contributed by atoms with Crippen molar-refractivity contribution in [2.45, 2.75) is 25.9 Å². The van der Waals surface area contributed by atoms with Crippen LogP contribution in [-0.2, 0) is 6.42 Å². The number of benzene rings is 1. The Labute approximate surface area is 119 Å². The van der Waals surface area contributed by atoms with Crippen molar-refractivity contribution in [1.82, 2.24) is 9.97 Å². The van der Waals surface area contributed by atoms with Crippen LogP contribution in [0.15, 0.2) is 35.1 Å². The van der Waals surface area contributed by atoms with Gasteiger partial charge in [-0.05, 0) is 35.8 Å². The Kier molecular flexibility index (Phi) is 2.93. The third kappa shape index (κ3) is 2.56. The van der Waals surface area contributed by atoms with Crippen LogP contribution in [0.3, 0.4) is 0 Å². The molecular formula is C14H13BrN2O2. The fraction of sp³-hybridized carbons (Fsp3) is 0.286. The molecule has 1 aromatic heterocycles. The molecule has 2 aromatic rings. The Hall–Kier alpha value is -1.62. The van der Waals surface area contributed by atoms with Crippen LogP contribution >= 0.6 is 15.9 Å². The highest BCUT2D eigenvalue weighted by Crippen LogP contribution is 2.42. The van der Waals surface area contributed by atoms with E-state index in [4.69, 9.17) is 9.47 Å². The molecule has 0 bridgehead atoms. The lowest BCUT2D eigenvalue weighted by atomic mass is 10.0. The molecule has 1 aromatic carbocycles. The van der Waals surface area contributed by atoms with Crippen LogP contribution in [0.4, 0.5) is 0 Å². The van der Waals surface area contributed by atoms with Gasteiger partial charge in [-0.2, -0.15) is 0 Å². The van der Waals surface area contributed by atoms with E-state index in [0.29, 0.717) is 11.8 Å². The lowest BCUT2D eigenvalue weighted by molar-refractivity contribution is 0.134. The van der Waals surface area contributed by atoms with E-state index < -0.39 is 0 Å². The Morgan fingerprint density at radius 3 is 2.74 bits per heavy atom. The first-order chi connectivity index (χ1) is 9.03. The summed E-state index contributed by atoms with van der Waals surface area (Å²) >= 11 is 3.29. The SMILES string of the molecule is CC1(C)Cc2cccc(Oc3ncc(Br)cn3)c2O1. The van der Waals surface area contributed by atoms with E-state index in [1.165, 1.54) is 0 Å². The third-order valence-electron chi connectivity index (χ3n) is 2.85. The Balaban J connectivity index is 1.91. The molecule has 0 saturated heterocycles. The van der Waals surface area contributed by atoms with Crippen molar-refractivity contribution in [2.75, 3.05) is 0 Å². The summed E-state index contributed by atoms with van der Waals surface area (Å²) in [5.41, 5.74) is 0.960. The summed E-state index contributed by atoms with van der Waals surface area (Å²) in [5.74, 6) is 1.45. The van der Waals surface area contributed by atoms with Gasteiger partial charge in [0.15, 0.2) is 11.5 Å². The highest BCUT2D eigenvalue weighted by molar-refractivity contribution is 9.10. The van der Waals surface area contributed by atoms with E-state index in [-0.39, 0.29) is 5.60 Å². The zero-order valence-electron chi connectivity index (χ0n) is 10.7. The van der Waals surface area contributed by atoms with E-state index in [0.717, 1.165) is 22.2 Å². The van der Waals surface area contributed by atoms with Gasteiger partial charge in [0, 0.05) is 24.4 Å². The average Bonchev–Trinajstić information content (AvgIpc) is 2.67. The van der Waals surface area contributed by atoms with Gasteiger partial charge < -0.3 is 9.47 Å². The second kappa shape index (κ2) is 4.49. The van der Waals surface area contributed by atoms with Gasteiger partial charge in [0.1, 0.15) is 5.60 Å². The number of ether oxygens (including phenoxy) is 2. The van der Waals surface area contributed by atoms with Crippen molar-refractivity contribution >= 4 is 15.9 Å². The molecular weight excluding hydrogens is 308 g/mol. The smallest absolute Gasteiger partial charge is 0.322 e. The second-order valence-electron chi connectivity index (χ2n) is 5.07. The van der Waals surface area contributed by atoms with Crippen LogP contribution in [0.2, 0.25) is 0 Å². The summed E-state index contributed by atoms with van der Waals surface area (Å²) in [6, 6.07) is 6.19. The van der Waals surface area contributed by atoms with Crippen LogP contribution in [0.1, 0.15) is 19.4 Å². The number of hydrogen-bond acceptors (Lipinski definition) is 4. The predicted molar refractivity (Wildman–Crippen MR) is 74.7 cm³/mol. The molecule has 4 nitrogen and oxygen atoms in total. The summed E-state index contributed by atoms with van der Waals surface area (Å²) in [6.45, 7) is 4.12. The maximum absolute atomic E-state index is 5.93. The van der Waals surface area contributed by atoms with E-state index in [1.54, 1.807) is 12.4 Å². The number of halogens is 1. The summed E-state index contributed by atoms with van der Waals surface area (Å²) in [4.78, 5) is 8.20. The number of para-hydroxylation sites is 1. The molecule has 3 rings (SSSR count). The van der Waals surface area contributed by atoms with Gasteiger partial charge in [-0.1, -0.05) is 12.1 Å². The molecule has 0 unspecified atom stereocenters. The van der Waals surface area contributed by atoms with Crippen molar-refractivity contribution < 1.29 is 9.47 Å². The van der Waals surface area contributed by atoms with Gasteiger partial charge in [0.25, 0.3) is 0 Å². The molecule has 0 fully saturated rings. The fourth-order valence-electron chi connectivity index (χ4n) is 2.12. The molecule has 0 radical (unpaired) electrons. The van der Waals surface area contributed by atoms with Crippen molar-refractivity contribution in [3.05, 3.63) is 40.6 Å². The lowest BCUT2D eigenvalue weighted by Gasteiger charge is -2.17. The Bertz CT molecular complexity index is 611. The quantitative estimate of drug-likeness (QED) is 0.845. The molecule has 98 valence electrons. The Morgan fingerprint density at radius 1 is 1.26 bits per heavy atom. The first kappa shape index (κ1) is 12.4. The molecule has 0 atom stereocenters. The van der Waals surface area contributed by atoms with E-state index >= 15 is 0 Å². The maximum atomic E-state index is 5.93. The van der Waals surface area contributed by atoms with Gasteiger partial charge in [0.2, 0.25) is 0 Å². The van der Waals surface area contributed by atoms with E-state index in [2.05, 4.69) is 45.8 Å². The normalized spacial score (nSPS) is 15.7. The zero-order chi connectivity index (χ0) is 13.5. The molecule has 1 aliphatic heterocycles. The van der Waals surface area contributed by atoms with E-state index in [9.17, 15) is 0 Å². The maximum Gasteiger partial charge on any atom is 0.322 e. The summed E-state index contributed by atoms with van der Waals surface area (Å²) in [5, 5.41) is 0. The molecule has 2 heterocycles. The van der Waals surface area contributed by atoms with Gasteiger partial charge in [0.05, 0.1) is 4.47 Å². The highest BCUT2D eigenvalue weighted by Gasteiger charge is 2.32. The van der Waals surface area contributed by atoms with Gasteiger partial charge in [-0.15, -0.1) is 0 Å². The molecule has 0 amide bonds. The lowest BCUT2D eigenvalue weighted by Crippen LogP contribution is -2.24. The minimum atomic E-state index is -0.192. The minimum Gasteiger partial charge on any atom is -0.483 e. The first-order valence-electron chi connectivity index (χ1n) is 6.00. The number of fused-ring (bicyclic) bond motifs is 1. The molecule has 5 heteroatoms. The average molecular weight is 321 g/mol. The van der Waals surface area contributed by atoms with E-state index in [1.807, 2.05) is 12.1 Å². The predicted octanol–water partition coefficient (Wildman–Crippen LogP) is 3.74. The molecule has 0 aliphatic carbocycles. The second-order valence-corrected chi connectivity index (χ2v) is 5.98. The Morgan fingerprint density at radius 2 is 2.00 bits per heavy atom. The van der Waals surface area contributed by atoms with Gasteiger partial charge in [-0.25, -0.2) is 9.97 Å². The van der Waals surface area contributed by atoms with Crippen molar-refractivity contribution in [3.8, 4) is 17.5 Å². The standard InChI is InChI=1S/C14H13BrN2O2/c1-14(2)6-9-4-3-5-11(12(9)19-14)18-13-16-7-10(15)8-17-13/h3-5,7-8H,6H2,1-2H3. The number of nitrogens with zero attached hydrogens (tertiary/aromatic N) is 2. The number of rotatable bonds is 2. The third-order valence-corrected chi connectivity index (χ3v) is 3.26. The summed E-state index contributed by atoms with van der Waals surface area (Å²) in [7, 11) is 0. The molecule has 19 heavy (non-hydrogen) atoms. The van der Waals surface area contributed by atoms with Crippen LogP contribution in [0, 0.1) is 0 Å². The number of hydrogen-bond donors (Lipinski definition) is 0. The van der Waals surface area contributed by atoms with Crippen LogP contribution in [-0.4, -0.2) is 15.6 Å². The van der Waals surface area contributed by atoms with Crippen molar-refractivity contribution in [3.63, 3.8) is 0 Å². The molecule has 0 N–H and O–H groups in total. The van der Waals surface area contributed by atoms with Gasteiger partial charge in [-0.3, -0.25) is 0 Å². The molecule has 1 aliphatic rings. The molecule has 0 spiro atoms. The minimum absolute atomic E-state index is 0.192.